The van der Waals surface area contributed by atoms with Crippen molar-refractivity contribution >= 4 is 5.91 Å². The Balaban J connectivity index is 2.34. The Bertz CT molecular complexity index is 471. The molecular formula is C13H12FNO. The van der Waals surface area contributed by atoms with Crippen LogP contribution >= 0.6 is 0 Å². The summed E-state index contributed by atoms with van der Waals surface area (Å²) in [6.45, 7) is 0. The summed E-state index contributed by atoms with van der Waals surface area (Å²) in [6.07, 6.45) is 7.32. The van der Waals surface area contributed by atoms with Gasteiger partial charge >= 0.3 is 0 Å². The second-order valence-corrected chi connectivity index (χ2v) is 3.98. The Morgan fingerprint density at radius 3 is 2.81 bits per heavy atom. The van der Waals surface area contributed by atoms with Gasteiger partial charge in [0.05, 0.1) is 5.56 Å². The van der Waals surface area contributed by atoms with Gasteiger partial charge in [0.1, 0.15) is 5.82 Å². The molecule has 2 rings (SSSR count). The normalized spacial score (nSPS) is 14.3. The zero-order valence-electron chi connectivity index (χ0n) is 9.03. The molecule has 0 aliphatic heterocycles. The van der Waals surface area contributed by atoms with Crippen molar-refractivity contribution in [3.8, 4) is 12.3 Å². The Kier molecular flexibility index (Phi) is 2.66. The van der Waals surface area contributed by atoms with Crippen LogP contribution in [-0.2, 0) is 0 Å². The first-order chi connectivity index (χ1) is 7.63. The van der Waals surface area contributed by atoms with Crippen molar-refractivity contribution < 1.29 is 9.18 Å². The van der Waals surface area contributed by atoms with Gasteiger partial charge in [-0.15, -0.1) is 6.42 Å². The van der Waals surface area contributed by atoms with Crippen molar-refractivity contribution in [1.29, 1.82) is 0 Å². The van der Waals surface area contributed by atoms with E-state index >= 15 is 0 Å². The van der Waals surface area contributed by atoms with Crippen LogP contribution in [0.25, 0.3) is 0 Å². The smallest absolute Gasteiger partial charge is 0.255 e. The lowest BCUT2D eigenvalue weighted by atomic mass is 10.1. The number of hydrogen-bond donors (Lipinski definition) is 0. The molecule has 0 heterocycles. The number of hydrogen-bond acceptors (Lipinski definition) is 1. The molecule has 1 fully saturated rings. The van der Waals surface area contributed by atoms with Crippen molar-refractivity contribution in [2.24, 2.45) is 0 Å². The first kappa shape index (κ1) is 10.7. The Hall–Kier alpha value is -1.82. The predicted octanol–water partition coefficient (Wildman–Crippen LogP) is 2.04. The quantitative estimate of drug-likeness (QED) is 0.694. The van der Waals surface area contributed by atoms with Crippen LogP contribution in [0.15, 0.2) is 18.2 Å². The maximum absolute atomic E-state index is 13.1. The van der Waals surface area contributed by atoms with Crippen LogP contribution < -0.4 is 0 Å². The van der Waals surface area contributed by atoms with E-state index < -0.39 is 5.82 Å². The number of halogens is 1. The topological polar surface area (TPSA) is 20.3 Å². The molecule has 0 radical (unpaired) electrons. The minimum atomic E-state index is -0.438. The van der Waals surface area contributed by atoms with Gasteiger partial charge < -0.3 is 4.90 Å². The predicted molar refractivity (Wildman–Crippen MR) is 59.5 cm³/mol. The van der Waals surface area contributed by atoms with Gasteiger partial charge in [0, 0.05) is 18.7 Å². The van der Waals surface area contributed by atoms with E-state index in [1.165, 1.54) is 18.2 Å². The maximum Gasteiger partial charge on any atom is 0.255 e. The summed E-state index contributed by atoms with van der Waals surface area (Å²) >= 11 is 0. The second kappa shape index (κ2) is 3.97. The molecule has 0 bridgehead atoms. The second-order valence-electron chi connectivity index (χ2n) is 3.98. The molecule has 0 unspecified atom stereocenters. The fourth-order valence-electron chi connectivity index (χ4n) is 1.64. The molecule has 0 saturated heterocycles. The van der Waals surface area contributed by atoms with Crippen LogP contribution in [0.4, 0.5) is 4.39 Å². The molecule has 1 saturated carbocycles. The summed E-state index contributed by atoms with van der Waals surface area (Å²) in [4.78, 5) is 13.7. The molecule has 82 valence electrons. The fourth-order valence-corrected chi connectivity index (χ4v) is 1.64. The zero-order valence-corrected chi connectivity index (χ0v) is 9.03. The summed E-state index contributed by atoms with van der Waals surface area (Å²) in [5, 5.41) is 0. The molecule has 1 aromatic carbocycles. The third kappa shape index (κ3) is 1.92. The van der Waals surface area contributed by atoms with Crippen LogP contribution in [-0.4, -0.2) is 23.9 Å². The molecule has 2 nitrogen and oxygen atoms in total. The van der Waals surface area contributed by atoms with E-state index in [0.29, 0.717) is 11.6 Å². The molecule has 1 amide bonds. The third-order valence-electron chi connectivity index (χ3n) is 2.78. The Morgan fingerprint density at radius 2 is 2.25 bits per heavy atom. The summed E-state index contributed by atoms with van der Waals surface area (Å²) in [5.74, 6) is 1.77. The van der Waals surface area contributed by atoms with E-state index in [4.69, 9.17) is 6.42 Å². The van der Waals surface area contributed by atoms with Gasteiger partial charge in [-0.1, -0.05) is 5.92 Å². The standard InChI is InChI=1S/C13H12FNO/c1-3-9-4-5-10(14)8-12(9)13(16)15(2)11-6-7-11/h1,4-5,8,11H,6-7H2,2H3. The van der Waals surface area contributed by atoms with E-state index in [0.717, 1.165) is 12.8 Å². The summed E-state index contributed by atoms with van der Waals surface area (Å²) in [6, 6.07) is 4.23. The molecule has 3 heteroatoms. The average molecular weight is 217 g/mol. The number of amides is 1. The van der Waals surface area contributed by atoms with Crippen LogP contribution in [0.2, 0.25) is 0 Å². The number of terminal acetylenes is 1. The van der Waals surface area contributed by atoms with E-state index in [2.05, 4.69) is 5.92 Å². The molecule has 16 heavy (non-hydrogen) atoms. The molecular weight excluding hydrogens is 205 g/mol. The van der Waals surface area contributed by atoms with Crippen LogP contribution in [0.5, 0.6) is 0 Å². The summed E-state index contributed by atoms with van der Waals surface area (Å²) in [7, 11) is 1.73. The highest BCUT2D eigenvalue weighted by Crippen LogP contribution is 2.27. The number of carbonyl (C=O) groups excluding carboxylic acids is 1. The highest BCUT2D eigenvalue weighted by Gasteiger charge is 2.30. The lowest BCUT2D eigenvalue weighted by Crippen LogP contribution is -2.29. The molecule has 0 atom stereocenters. The summed E-state index contributed by atoms with van der Waals surface area (Å²) in [5.41, 5.74) is 0.718. The van der Waals surface area contributed by atoms with E-state index in [1.807, 2.05) is 0 Å². The monoisotopic (exact) mass is 217 g/mol. The maximum atomic E-state index is 13.1. The van der Waals surface area contributed by atoms with E-state index in [1.54, 1.807) is 11.9 Å². The van der Waals surface area contributed by atoms with Gasteiger partial charge in [-0.2, -0.15) is 0 Å². The molecule has 0 spiro atoms. The van der Waals surface area contributed by atoms with Crippen molar-refractivity contribution in [2.75, 3.05) is 7.05 Å². The minimum Gasteiger partial charge on any atom is -0.339 e. The van der Waals surface area contributed by atoms with Gasteiger partial charge in [0.15, 0.2) is 0 Å². The van der Waals surface area contributed by atoms with E-state index in [9.17, 15) is 9.18 Å². The van der Waals surface area contributed by atoms with E-state index in [-0.39, 0.29) is 11.5 Å². The van der Waals surface area contributed by atoms with Crippen LogP contribution in [0.3, 0.4) is 0 Å². The zero-order chi connectivity index (χ0) is 11.7. The van der Waals surface area contributed by atoms with Crippen LogP contribution in [0, 0.1) is 18.2 Å². The lowest BCUT2D eigenvalue weighted by molar-refractivity contribution is 0.0784. The van der Waals surface area contributed by atoms with Crippen molar-refractivity contribution in [3.05, 3.63) is 35.1 Å². The third-order valence-corrected chi connectivity index (χ3v) is 2.78. The van der Waals surface area contributed by atoms with Gasteiger partial charge in [-0.3, -0.25) is 4.79 Å². The van der Waals surface area contributed by atoms with Crippen molar-refractivity contribution in [3.63, 3.8) is 0 Å². The van der Waals surface area contributed by atoms with Gasteiger partial charge in [0.2, 0.25) is 0 Å². The number of rotatable bonds is 2. The SMILES string of the molecule is C#Cc1ccc(F)cc1C(=O)N(C)C1CC1. The van der Waals surface area contributed by atoms with Crippen molar-refractivity contribution in [2.45, 2.75) is 18.9 Å². The first-order valence-electron chi connectivity index (χ1n) is 5.17. The van der Waals surface area contributed by atoms with Gasteiger partial charge in [-0.05, 0) is 31.0 Å². The summed E-state index contributed by atoms with van der Waals surface area (Å²) < 4.78 is 13.1. The van der Waals surface area contributed by atoms with Crippen LogP contribution in [0.1, 0.15) is 28.8 Å². The highest BCUT2D eigenvalue weighted by molar-refractivity contribution is 5.96. The number of benzene rings is 1. The molecule has 0 N–H and O–H groups in total. The molecule has 0 aromatic heterocycles. The first-order valence-corrected chi connectivity index (χ1v) is 5.17. The lowest BCUT2D eigenvalue weighted by Gasteiger charge is -2.17. The Labute approximate surface area is 94.1 Å². The van der Waals surface area contributed by atoms with Crippen molar-refractivity contribution in [1.82, 2.24) is 4.90 Å². The number of carbonyl (C=O) groups is 1. The highest BCUT2D eigenvalue weighted by atomic mass is 19.1. The molecule has 1 aromatic rings. The minimum absolute atomic E-state index is 0.199. The largest absolute Gasteiger partial charge is 0.339 e. The molecule has 1 aliphatic carbocycles. The van der Waals surface area contributed by atoms with Gasteiger partial charge in [-0.25, -0.2) is 4.39 Å². The van der Waals surface area contributed by atoms with Gasteiger partial charge in [0.25, 0.3) is 5.91 Å². The number of nitrogens with zero attached hydrogens (tertiary/aromatic N) is 1. The average Bonchev–Trinajstić information content (AvgIpc) is 3.11. The Morgan fingerprint density at radius 1 is 1.56 bits per heavy atom. The molecule has 1 aliphatic rings. The fraction of sp³-hybridized carbons (Fsp3) is 0.308.